The van der Waals surface area contributed by atoms with Crippen molar-refractivity contribution in [2.24, 2.45) is 0 Å². The number of halogens is 1. The molecule has 9 heteroatoms. The molecule has 1 saturated heterocycles. The van der Waals surface area contributed by atoms with Crippen LogP contribution < -0.4 is 5.32 Å². The molecule has 0 aromatic carbocycles. The lowest BCUT2D eigenvalue weighted by Gasteiger charge is -2.30. The molecule has 2 N–H and O–H groups in total. The first kappa shape index (κ1) is 16.7. The van der Waals surface area contributed by atoms with Crippen molar-refractivity contribution in [1.29, 1.82) is 0 Å². The number of amides is 1. The van der Waals surface area contributed by atoms with Crippen LogP contribution in [0.1, 0.15) is 12.8 Å². The highest BCUT2D eigenvalue weighted by Gasteiger charge is 2.23. The zero-order chi connectivity index (χ0) is 19.3. The lowest BCUT2D eigenvalue weighted by Crippen LogP contribution is -2.43. The van der Waals surface area contributed by atoms with Gasteiger partial charge >= 0.3 is 0 Å². The van der Waals surface area contributed by atoms with E-state index in [2.05, 4.69) is 25.3 Å². The van der Waals surface area contributed by atoms with Gasteiger partial charge < -0.3 is 15.2 Å². The van der Waals surface area contributed by atoms with E-state index in [1.165, 1.54) is 10.6 Å². The van der Waals surface area contributed by atoms with E-state index in [9.17, 15) is 9.18 Å². The van der Waals surface area contributed by atoms with Crippen LogP contribution in [-0.4, -0.2) is 54.8 Å². The Hall–Kier alpha value is -3.49. The van der Waals surface area contributed by atoms with Crippen LogP contribution in [0.4, 0.5) is 10.3 Å². The quantitative estimate of drug-likeness (QED) is 0.571. The molecule has 1 aliphatic heterocycles. The Labute approximate surface area is 159 Å². The Balaban J connectivity index is 1.44. The molecule has 1 amide bonds. The van der Waals surface area contributed by atoms with E-state index in [-0.39, 0.29) is 11.9 Å². The molecule has 0 bridgehead atoms. The monoisotopic (exact) mass is 379 g/mol. The first-order valence-electron chi connectivity index (χ1n) is 9.06. The smallest absolute Gasteiger partial charge is 0.224 e. The Morgan fingerprint density at radius 1 is 1.29 bits per heavy atom. The fraction of sp³-hybridized carbons (Fsp3) is 0.263. The summed E-state index contributed by atoms with van der Waals surface area (Å²) >= 11 is 0. The van der Waals surface area contributed by atoms with Crippen molar-refractivity contribution in [1.82, 2.24) is 29.2 Å². The summed E-state index contributed by atoms with van der Waals surface area (Å²) in [6.45, 7) is 0.632. The van der Waals surface area contributed by atoms with Crippen molar-refractivity contribution >= 4 is 28.5 Å². The Bertz CT molecular complexity index is 1200. The minimum absolute atomic E-state index is 0.126. The van der Waals surface area contributed by atoms with Gasteiger partial charge in [-0.3, -0.25) is 9.20 Å². The molecule has 0 aliphatic carbocycles. The van der Waals surface area contributed by atoms with Gasteiger partial charge in [0.15, 0.2) is 0 Å². The highest BCUT2D eigenvalue weighted by molar-refractivity contribution is 5.93. The number of piperidine rings is 1. The van der Waals surface area contributed by atoms with Gasteiger partial charge in [0.1, 0.15) is 11.3 Å². The zero-order valence-corrected chi connectivity index (χ0v) is 15.2. The number of carbonyl (C=O) groups excluding carboxylic acids is 1. The number of aromatic amines is 1. The number of carbonyl (C=O) groups is 1. The third kappa shape index (κ3) is 2.75. The molecule has 1 atom stereocenters. The van der Waals surface area contributed by atoms with E-state index in [1.807, 2.05) is 12.3 Å². The highest BCUT2D eigenvalue weighted by atomic mass is 19.1. The molecule has 0 spiro atoms. The van der Waals surface area contributed by atoms with Crippen molar-refractivity contribution in [2.45, 2.75) is 18.9 Å². The van der Waals surface area contributed by atoms with Crippen LogP contribution in [-0.2, 0) is 4.79 Å². The van der Waals surface area contributed by atoms with E-state index < -0.39 is 5.95 Å². The number of hydrogen-bond donors (Lipinski definition) is 2. The minimum atomic E-state index is -0.407. The van der Waals surface area contributed by atoms with Crippen molar-refractivity contribution < 1.29 is 9.18 Å². The highest BCUT2D eigenvalue weighted by Crippen LogP contribution is 2.28. The van der Waals surface area contributed by atoms with Gasteiger partial charge in [-0.25, -0.2) is 9.97 Å². The fourth-order valence-corrected chi connectivity index (χ4v) is 3.64. The lowest BCUT2D eigenvalue weighted by molar-refractivity contribution is -0.132. The summed E-state index contributed by atoms with van der Waals surface area (Å²) in [5.74, 6) is 0.273. The molecule has 1 fully saturated rings. The molecule has 4 aromatic heterocycles. The van der Waals surface area contributed by atoms with Crippen LogP contribution in [0.5, 0.6) is 0 Å². The topological polar surface area (TPSA) is 91.2 Å². The predicted octanol–water partition coefficient (Wildman–Crippen LogP) is 2.44. The average molecular weight is 379 g/mol. The fourth-order valence-electron chi connectivity index (χ4n) is 3.64. The van der Waals surface area contributed by atoms with Gasteiger partial charge in [0.05, 0.1) is 6.20 Å². The largest absolute Gasteiger partial charge is 0.350 e. The Morgan fingerprint density at radius 3 is 3.04 bits per heavy atom. The summed E-state index contributed by atoms with van der Waals surface area (Å²) < 4.78 is 15.3. The molecule has 0 radical (unpaired) electrons. The standard InChI is InChI=1S/C19H18FN7O/c1-26-10-12(3-5-17(26)28)24-19-23-7-14-13(6-22-18(14)25-19)11-2-4-16-21-8-15(20)27(16)9-11/h2,4,6-9,12H,3,5,10H2,1H3,(H2,22,23,24,25)/t12-/m0/s1. The van der Waals surface area contributed by atoms with Gasteiger partial charge in [-0.2, -0.15) is 9.37 Å². The number of nitrogens with one attached hydrogen (secondary N) is 2. The SMILES string of the molecule is CN1C[C@@H](Nc2ncc3c(-c4ccc5ncc(F)n5c4)c[nH]c3n2)CCC1=O. The number of nitrogens with zero attached hydrogens (tertiary/aromatic N) is 5. The van der Waals surface area contributed by atoms with E-state index in [4.69, 9.17) is 0 Å². The maximum absolute atomic E-state index is 13.8. The van der Waals surface area contributed by atoms with E-state index in [0.29, 0.717) is 30.2 Å². The number of anilines is 1. The Kier molecular flexibility index (Phi) is 3.75. The second-order valence-electron chi connectivity index (χ2n) is 7.04. The number of pyridine rings is 1. The first-order valence-corrected chi connectivity index (χ1v) is 9.06. The van der Waals surface area contributed by atoms with Crippen LogP contribution in [0.15, 0.2) is 36.9 Å². The minimum Gasteiger partial charge on any atom is -0.350 e. The molecule has 1 aliphatic rings. The van der Waals surface area contributed by atoms with Crippen LogP contribution in [0.3, 0.4) is 0 Å². The number of H-pyrrole nitrogens is 1. The molecular formula is C19H18FN7O. The summed E-state index contributed by atoms with van der Waals surface area (Å²) in [7, 11) is 1.80. The molecule has 4 aromatic rings. The molecule has 28 heavy (non-hydrogen) atoms. The normalized spacial score (nSPS) is 17.6. The van der Waals surface area contributed by atoms with Gasteiger partial charge in [0, 0.05) is 61.2 Å². The number of hydrogen-bond acceptors (Lipinski definition) is 5. The predicted molar refractivity (Wildman–Crippen MR) is 102 cm³/mol. The third-order valence-electron chi connectivity index (χ3n) is 5.16. The van der Waals surface area contributed by atoms with Crippen LogP contribution in [0.25, 0.3) is 27.8 Å². The molecule has 142 valence electrons. The van der Waals surface area contributed by atoms with Crippen LogP contribution >= 0.6 is 0 Å². The van der Waals surface area contributed by atoms with Crippen molar-refractivity contribution in [2.75, 3.05) is 18.9 Å². The maximum Gasteiger partial charge on any atom is 0.224 e. The van der Waals surface area contributed by atoms with Gasteiger partial charge in [-0.1, -0.05) is 0 Å². The van der Waals surface area contributed by atoms with Crippen molar-refractivity contribution in [3.63, 3.8) is 0 Å². The van der Waals surface area contributed by atoms with E-state index in [1.54, 1.807) is 30.4 Å². The zero-order valence-electron chi connectivity index (χ0n) is 15.2. The maximum atomic E-state index is 13.8. The average Bonchev–Trinajstić information content (AvgIpc) is 3.28. The van der Waals surface area contributed by atoms with Crippen LogP contribution in [0, 0.1) is 5.95 Å². The summed E-state index contributed by atoms with van der Waals surface area (Å²) in [4.78, 5) is 29.5. The summed E-state index contributed by atoms with van der Waals surface area (Å²) in [5.41, 5.74) is 2.98. The number of likely N-dealkylation sites (N-methyl/N-ethyl adjacent to an activating group) is 1. The van der Waals surface area contributed by atoms with E-state index in [0.717, 1.165) is 22.9 Å². The molecule has 0 saturated carbocycles. The second-order valence-corrected chi connectivity index (χ2v) is 7.04. The van der Waals surface area contributed by atoms with E-state index >= 15 is 0 Å². The van der Waals surface area contributed by atoms with Crippen molar-refractivity contribution in [3.05, 3.63) is 42.9 Å². The second kappa shape index (κ2) is 6.29. The molecule has 5 rings (SSSR count). The number of aromatic nitrogens is 5. The van der Waals surface area contributed by atoms with Gasteiger partial charge in [-0.15, -0.1) is 0 Å². The molecular weight excluding hydrogens is 361 g/mol. The first-order chi connectivity index (χ1) is 13.6. The number of imidazole rings is 1. The Morgan fingerprint density at radius 2 is 2.18 bits per heavy atom. The number of rotatable bonds is 3. The molecule has 0 unspecified atom stereocenters. The van der Waals surface area contributed by atoms with Crippen LogP contribution in [0.2, 0.25) is 0 Å². The number of fused-ring (bicyclic) bond motifs is 2. The van der Waals surface area contributed by atoms with Gasteiger partial charge in [0.2, 0.25) is 17.8 Å². The lowest BCUT2D eigenvalue weighted by atomic mass is 10.1. The summed E-state index contributed by atoms with van der Waals surface area (Å²) in [5, 5.41) is 4.15. The van der Waals surface area contributed by atoms with Gasteiger partial charge in [0.25, 0.3) is 0 Å². The number of likely N-dealkylation sites (tertiary alicyclic amines) is 1. The molecule has 8 nitrogen and oxygen atoms in total. The molecule has 5 heterocycles. The third-order valence-corrected chi connectivity index (χ3v) is 5.16. The van der Waals surface area contributed by atoms with Crippen molar-refractivity contribution in [3.8, 4) is 11.1 Å². The van der Waals surface area contributed by atoms with Gasteiger partial charge in [-0.05, 0) is 18.6 Å². The summed E-state index contributed by atoms with van der Waals surface area (Å²) in [6.07, 6.45) is 7.79. The summed E-state index contributed by atoms with van der Waals surface area (Å²) in [6, 6.07) is 3.79.